The molecule has 0 saturated carbocycles. The van der Waals surface area contributed by atoms with Gasteiger partial charge in [-0.15, -0.1) is 0 Å². The predicted molar refractivity (Wildman–Crippen MR) is 61.0 cm³/mol. The van der Waals surface area contributed by atoms with Crippen LogP contribution in [0.25, 0.3) is 0 Å². The summed E-state index contributed by atoms with van der Waals surface area (Å²) in [6, 6.07) is 0. The van der Waals surface area contributed by atoms with Gasteiger partial charge in [-0.05, 0) is 25.9 Å². The second kappa shape index (κ2) is 5.61. The van der Waals surface area contributed by atoms with Crippen molar-refractivity contribution in [3.63, 3.8) is 0 Å². The zero-order valence-electron chi connectivity index (χ0n) is 9.65. The van der Waals surface area contributed by atoms with Crippen molar-refractivity contribution in [2.75, 3.05) is 39.3 Å². The van der Waals surface area contributed by atoms with Gasteiger partial charge >= 0.3 is 0 Å². The number of ether oxygens (including phenoxy) is 1. The number of carbonyl (C=O) groups excluding carboxylic acids is 1. The number of hydrogen-bond acceptors (Lipinski definition) is 4. The number of carbonyl (C=O) groups is 1. The fourth-order valence-electron chi connectivity index (χ4n) is 2.43. The van der Waals surface area contributed by atoms with E-state index >= 15 is 0 Å². The fraction of sp³-hybridized carbons (Fsp3) is 0.909. The van der Waals surface area contributed by atoms with Gasteiger partial charge in [0.2, 0.25) is 5.91 Å². The maximum atomic E-state index is 11.0. The van der Waals surface area contributed by atoms with Crippen LogP contribution >= 0.6 is 0 Å². The number of nitrogens with two attached hydrogens (primary N) is 1. The van der Waals surface area contributed by atoms with Crippen molar-refractivity contribution >= 4 is 5.91 Å². The van der Waals surface area contributed by atoms with Crippen molar-refractivity contribution < 1.29 is 9.53 Å². The lowest BCUT2D eigenvalue weighted by Crippen LogP contribution is -2.48. The molecule has 16 heavy (non-hydrogen) atoms. The van der Waals surface area contributed by atoms with E-state index in [9.17, 15) is 4.79 Å². The van der Waals surface area contributed by atoms with Crippen LogP contribution in [0.3, 0.4) is 0 Å². The standard InChI is InChI=1S/C11H21N3O2/c12-11(15)9-1-4-14(5-2-9)8-10-7-13-3-6-16-10/h9-10,13H,1-8H2,(H2,12,15). The molecule has 0 spiro atoms. The van der Waals surface area contributed by atoms with E-state index in [2.05, 4.69) is 10.2 Å². The van der Waals surface area contributed by atoms with Crippen LogP contribution in [-0.2, 0) is 9.53 Å². The van der Waals surface area contributed by atoms with Crippen LogP contribution < -0.4 is 11.1 Å². The third-order valence-electron chi connectivity index (χ3n) is 3.46. The molecule has 2 rings (SSSR count). The van der Waals surface area contributed by atoms with Gasteiger partial charge in [-0.2, -0.15) is 0 Å². The molecule has 1 unspecified atom stereocenters. The Kier molecular flexibility index (Phi) is 4.15. The summed E-state index contributed by atoms with van der Waals surface area (Å²) < 4.78 is 5.66. The molecule has 2 aliphatic heterocycles. The van der Waals surface area contributed by atoms with E-state index in [1.54, 1.807) is 0 Å². The zero-order valence-corrected chi connectivity index (χ0v) is 9.65. The van der Waals surface area contributed by atoms with Crippen molar-refractivity contribution in [3.8, 4) is 0 Å². The number of likely N-dealkylation sites (tertiary alicyclic amines) is 1. The van der Waals surface area contributed by atoms with E-state index in [-0.39, 0.29) is 11.8 Å². The van der Waals surface area contributed by atoms with Crippen LogP contribution in [0.5, 0.6) is 0 Å². The lowest BCUT2D eigenvalue weighted by molar-refractivity contribution is -0.123. The van der Waals surface area contributed by atoms with Crippen LogP contribution in [0.2, 0.25) is 0 Å². The molecule has 0 aliphatic carbocycles. The number of rotatable bonds is 3. The normalized spacial score (nSPS) is 29.1. The van der Waals surface area contributed by atoms with Gasteiger partial charge in [-0.1, -0.05) is 0 Å². The van der Waals surface area contributed by atoms with Crippen LogP contribution in [0.1, 0.15) is 12.8 Å². The summed E-state index contributed by atoms with van der Waals surface area (Å²) in [5, 5.41) is 3.33. The highest BCUT2D eigenvalue weighted by molar-refractivity contribution is 5.76. The number of nitrogens with one attached hydrogen (secondary N) is 1. The first-order valence-electron chi connectivity index (χ1n) is 6.09. The van der Waals surface area contributed by atoms with E-state index in [0.29, 0.717) is 6.10 Å². The summed E-state index contributed by atoms with van der Waals surface area (Å²) in [4.78, 5) is 13.4. The Morgan fingerprint density at radius 3 is 2.75 bits per heavy atom. The maximum absolute atomic E-state index is 11.0. The minimum Gasteiger partial charge on any atom is -0.374 e. The van der Waals surface area contributed by atoms with E-state index in [4.69, 9.17) is 10.5 Å². The number of nitrogens with zero attached hydrogens (tertiary/aromatic N) is 1. The first kappa shape index (κ1) is 11.8. The highest BCUT2D eigenvalue weighted by atomic mass is 16.5. The molecule has 0 aromatic rings. The molecule has 2 fully saturated rings. The Balaban J connectivity index is 1.70. The van der Waals surface area contributed by atoms with Crippen LogP contribution in [0.15, 0.2) is 0 Å². The number of piperidine rings is 1. The summed E-state index contributed by atoms with van der Waals surface area (Å²) in [5.74, 6) is -0.0584. The van der Waals surface area contributed by atoms with Crippen LogP contribution in [0.4, 0.5) is 0 Å². The maximum Gasteiger partial charge on any atom is 0.220 e. The molecule has 0 aromatic heterocycles. The molecule has 1 atom stereocenters. The smallest absolute Gasteiger partial charge is 0.220 e. The summed E-state index contributed by atoms with van der Waals surface area (Å²) in [6.45, 7) is 5.61. The van der Waals surface area contributed by atoms with Gasteiger partial charge in [-0.3, -0.25) is 4.79 Å². The third-order valence-corrected chi connectivity index (χ3v) is 3.46. The second-order valence-electron chi connectivity index (χ2n) is 4.67. The Labute approximate surface area is 96.3 Å². The molecule has 0 bridgehead atoms. The molecule has 92 valence electrons. The van der Waals surface area contributed by atoms with E-state index in [0.717, 1.165) is 52.2 Å². The Morgan fingerprint density at radius 1 is 1.44 bits per heavy atom. The number of amides is 1. The summed E-state index contributed by atoms with van der Waals surface area (Å²) in [7, 11) is 0. The van der Waals surface area contributed by atoms with Crippen molar-refractivity contribution in [3.05, 3.63) is 0 Å². The molecule has 5 heteroatoms. The molecule has 0 radical (unpaired) electrons. The molecule has 0 aromatic carbocycles. The number of hydrogen-bond donors (Lipinski definition) is 2. The van der Waals surface area contributed by atoms with Gasteiger partial charge in [0.1, 0.15) is 0 Å². The quantitative estimate of drug-likeness (QED) is 0.660. The van der Waals surface area contributed by atoms with E-state index in [1.807, 2.05) is 0 Å². The fourth-order valence-corrected chi connectivity index (χ4v) is 2.43. The van der Waals surface area contributed by atoms with Crippen LogP contribution in [-0.4, -0.2) is 56.2 Å². The molecular formula is C11H21N3O2. The Bertz CT molecular complexity index is 233. The largest absolute Gasteiger partial charge is 0.374 e. The van der Waals surface area contributed by atoms with Gasteiger partial charge < -0.3 is 20.7 Å². The monoisotopic (exact) mass is 227 g/mol. The zero-order chi connectivity index (χ0) is 11.4. The van der Waals surface area contributed by atoms with Crippen molar-refractivity contribution in [1.29, 1.82) is 0 Å². The highest BCUT2D eigenvalue weighted by Crippen LogP contribution is 2.17. The van der Waals surface area contributed by atoms with Gasteiger partial charge in [0, 0.05) is 25.6 Å². The first-order chi connectivity index (χ1) is 7.75. The van der Waals surface area contributed by atoms with Gasteiger partial charge in [-0.25, -0.2) is 0 Å². The van der Waals surface area contributed by atoms with Crippen molar-refractivity contribution in [1.82, 2.24) is 10.2 Å². The summed E-state index contributed by atoms with van der Waals surface area (Å²) >= 11 is 0. The molecule has 2 aliphatic rings. The topological polar surface area (TPSA) is 67.6 Å². The molecular weight excluding hydrogens is 206 g/mol. The Hall–Kier alpha value is -0.650. The number of primary amides is 1. The van der Waals surface area contributed by atoms with Gasteiger partial charge in [0.15, 0.2) is 0 Å². The molecule has 5 nitrogen and oxygen atoms in total. The second-order valence-corrected chi connectivity index (χ2v) is 4.67. The van der Waals surface area contributed by atoms with Crippen LogP contribution in [0, 0.1) is 5.92 Å². The minimum atomic E-state index is -0.143. The SMILES string of the molecule is NC(=O)C1CCN(CC2CNCCO2)CC1. The summed E-state index contributed by atoms with van der Waals surface area (Å²) in [6.07, 6.45) is 2.10. The number of morpholine rings is 1. The third kappa shape index (κ3) is 3.17. The Morgan fingerprint density at radius 2 is 2.19 bits per heavy atom. The minimum absolute atomic E-state index is 0.0849. The average Bonchev–Trinajstić information content (AvgIpc) is 2.31. The van der Waals surface area contributed by atoms with Crippen molar-refractivity contribution in [2.24, 2.45) is 11.7 Å². The van der Waals surface area contributed by atoms with Gasteiger partial charge in [0.25, 0.3) is 0 Å². The molecule has 2 saturated heterocycles. The predicted octanol–water partition coefficient (Wildman–Crippen LogP) is -0.828. The lowest BCUT2D eigenvalue weighted by Gasteiger charge is -2.34. The molecule has 3 N–H and O–H groups in total. The summed E-state index contributed by atoms with van der Waals surface area (Å²) in [5.41, 5.74) is 5.30. The molecule has 2 heterocycles. The lowest BCUT2D eigenvalue weighted by atomic mass is 9.96. The van der Waals surface area contributed by atoms with Crippen molar-refractivity contribution in [2.45, 2.75) is 18.9 Å². The van der Waals surface area contributed by atoms with E-state index in [1.165, 1.54) is 0 Å². The first-order valence-corrected chi connectivity index (χ1v) is 6.09. The molecule has 1 amide bonds. The average molecular weight is 227 g/mol. The highest BCUT2D eigenvalue weighted by Gasteiger charge is 2.25. The van der Waals surface area contributed by atoms with Gasteiger partial charge in [0.05, 0.1) is 12.7 Å². The van der Waals surface area contributed by atoms with E-state index < -0.39 is 0 Å².